The maximum absolute atomic E-state index is 6.09. The van der Waals surface area contributed by atoms with Crippen LogP contribution in [-0.4, -0.2) is 6.54 Å². The van der Waals surface area contributed by atoms with Gasteiger partial charge in [-0.1, -0.05) is 37.6 Å². The van der Waals surface area contributed by atoms with Crippen molar-refractivity contribution >= 4 is 17.3 Å². The summed E-state index contributed by atoms with van der Waals surface area (Å²) in [6, 6.07) is 6.14. The summed E-state index contributed by atoms with van der Waals surface area (Å²) in [6.45, 7) is 5.50. The van der Waals surface area contributed by atoms with Crippen molar-refractivity contribution in [2.24, 2.45) is 0 Å². The van der Waals surface area contributed by atoms with Crippen molar-refractivity contribution in [2.75, 3.05) is 11.9 Å². The summed E-state index contributed by atoms with van der Waals surface area (Å²) in [5.74, 6) is 0. The van der Waals surface area contributed by atoms with Crippen LogP contribution < -0.4 is 5.32 Å². The number of benzene rings is 1. The molecule has 2 rings (SSSR count). The first-order chi connectivity index (χ1) is 6.17. The standard InChI is InChI=1S/C11H14ClN/c1-3-11(2)7-13-10-8(11)5-4-6-9(10)12/h4-6,13H,3,7H2,1-2H3/t11-/m1/s1. The van der Waals surface area contributed by atoms with Crippen molar-refractivity contribution in [1.29, 1.82) is 0 Å². The molecule has 1 aromatic carbocycles. The Morgan fingerprint density at radius 2 is 2.31 bits per heavy atom. The lowest BCUT2D eigenvalue weighted by Crippen LogP contribution is -2.22. The number of nitrogens with one attached hydrogen (secondary N) is 1. The molecule has 0 aromatic heterocycles. The fraction of sp³-hybridized carbons (Fsp3) is 0.455. The number of anilines is 1. The minimum absolute atomic E-state index is 0.264. The topological polar surface area (TPSA) is 12.0 Å². The second-order valence-electron chi connectivity index (χ2n) is 3.93. The molecule has 0 spiro atoms. The van der Waals surface area contributed by atoms with E-state index in [0.29, 0.717) is 0 Å². The maximum atomic E-state index is 6.09. The van der Waals surface area contributed by atoms with Crippen molar-refractivity contribution in [2.45, 2.75) is 25.7 Å². The molecule has 1 N–H and O–H groups in total. The van der Waals surface area contributed by atoms with Gasteiger partial charge in [0.2, 0.25) is 0 Å². The van der Waals surface area contributed by atoms with Crippen LogP contribution in [0.2, 0.25) is 5.02 Å². The molecule has 13 heavy (non-hydrogen) atoms. The predicted octanol–water partition coefficient (Wildman–Crippen LogP) is 3.43. The highest BCUT2D eigenvalue weighted by atomic mass is 35.5. The molecule has 0 bridgehead atoms. The Morgan fingerprint density at radius 3 is 3.00 bits per heavy atom. The summed E-state index contributed by atoms with van der Waals surface area (Å²) < 4.78 is 0. The van der Waals surface area contributed by atoms with Crippen LogP contribution in [0, 0.1) is 0 Å². The highest BCUT2D eigenvalue weighted by Crippen LogP contribution is 2.42. The van der Waals surface area contributed by atoms with Gasteiger partial charge in [0.25, 0.3) is 0 Å². The van der Waals surface area contributed by atoms with Gasteiger partial charge in [-0.15, -0.1) is 0 Å². The molecule has 1 aliphatic heterocycles. The van der Waals surface area contributed by atoms with E-state index in [1.807, 2.05) is 12.1 Å². The van der Waals surface area contributed by atoms with Crippen molar-refractivity contribution < 1.29 is 0 Å². The first-order valence-electron chi connectivity index (χ1n) is 4.70. The second kappa shape index (κ2) is 2.91. The van der Waals surface area contributed by atoms with E-state index in [0.717, 1.165) is 23.7 Å². The van der Waals surface area contributed by atoms with E-state index in [1.165, 1.54) is 5.56 Å². The van der Waals surface area contributed by atoms with Gasteiger partial charge in [-0.05, 0) is 18.1 Å². The molecule has 1 heterocycles. The molecule has 1 aromatic rings. The Labute approximate surface area is 84.1 Å². The monoisotopic (exact) mass is 195 g/mol. The van der Waals surface area contributed by atoms with Gasteiger partial charge in [0.15, 0.2) is 0 Å². The smallest absolute Gasteiger partial charge is 0.0640 e. The van der Waals surface area contributed by atoms with E-state index in [-0.39, 0.29) is 5.41 Å². The van der Waals surface area contributed by atoms with Gasteiger partial charge in [0.05, 0.1) is 10.7 Å². The number of hydrogen-bond acceptors (Lipinski definition) is 1. The summed E-state index contributed by atoms with van der Waals surface area (Å²) in [6.07, 6.45) is 1.15. The third kappa shape index (κ3) is 1.22. The van der Waals surface area contributed by atoms with Crippen molar-refractivity contribution in [3.8, 4) is 0 Å². The second-order valence-corrected chi connectivity index (χ2v) is 4.34. The summed E-state index contributed by atoms with van der Waals surface area (Å²) in [4.78, 5) is 0. The Kier molecular flexibility index (Phi) is 1.99. The van der Waals surface area contributed by atoms with E-state index in [4.69, 9.17) is 11.6 Å². The average Bonchev–Trinajstić information content (AvgIpc) is 2.47. The minimum atomic E-state index is 0.264. The van der Waals surface area contributed by atoms with E-state index in [1.54, 1.807) is 0 Å². The normalized spacial score (nSPS) is 25.5. The molecule has 0 radical (unpaired) electrons. The molecule has 1 nitrogen and oxygen atoms in total. The molecule has 2 heteroatoms. The number of fused-ring (bicyclic) bond motifs is 1. The number of hydrogen-bond donors (Lipinski definition) is 1. The Balaban J connectivity index is 2.55. The van der Waals surface area contributed by atoms with E-state index in [2.05, 4.69) is 25.2 Å². The van der Waals surface area contributed by atoms with Crippen LogP contribution in [0.4, 0.5) is 5.69 Å². The Hall–Kier alpha value is -0.690. The minimum Gasteiger partial charge on any atom is -0.383 e. The van der Waals surface area contributed by atoms with Gasteiger partial charge in [-0.25, -0.2) is 0 Å². The summed E-state index contributed by atoms with van der Waals surface area (Å²) in [5.41, 5.74) is 2.76. The Morgan fingerprint density at radius 1 is 1.54 bits per heavy atom. The molecule has 0 saturated heterocycles. The predicted molar refractivity (Wildman–Crippen MR) is 57.6 cm³/mol. The third-order valence-electron chi connectivity index (χ3n) is 3.10. The first kappa shape index (κ1) is 8.89. The fourth-order valence-corrected chi connectivity index (χ4v) is 2.14. The highest BCUT2D eigenvalue weighted by molar-refractivity contribution is 6.33. The summed E-state index contributed by atoms with van der Waals surface area (Å²) >= 11 is 6.09. The first-order valence-corrected chi connectivity index (χ1v) is 5.08. The van der Waals surface area contributed by atoms with Crippen LogP contribution in [0.15, 0.2) is 18.2 Å². The number of para-hydroxylation sites is 1. The Bertz CT molecular complexity index is 335. The van der Waals surface area contributed by atoms with E-state index < -0.39 is 0 Å². The molecule has 0 fully saturated rings. The SMILES string of the molecule is CC[C@]1(C)CNc2c(Cl)cccc21. The highest BCUT2D eigenvalue weighted by Gasteiger charge is 2.33. The largest absolute Gasteiger partial charge is 0.383 e. The van der Waals surface area contributed by atoms with Crippen LogP contribution in [-0.2, 0) is 5.41 Å². The lowest BCUT2D eigenvalue weighted by Gasteiger charge is -2.21. The van der Waals surface area contributed by atoms with Crippen LogP contribution in [0.3, 0.4) is 0 Å². The molecule has 1 aliphatic rings. The fourth-order valence-electron chi connectivity index (χ4n) is 1.90. The average molecular weight is 196 g/mol. The zero-order valence-corrected chi connectivity index (χ0v) is 8.78. The molecule has 1 atom stereocenters. The van der Waals surface area contributed by atoms with Crippen LogP contribution >= 0.6 is 11.6 Å². The van der Waals surface area contributed by atoms with E-state index >= 15 is 0 Å². The van der Waals surface area contributed by atoms with Gasteiger partial charge in [0.1, 0.15) is 0 Å². The quantitative estimate of drug-likeness (QED) is 0.724. The molecular formula is C11H14ClN. The van der Waals surface area contributed by atoms with Gasteiger partial charge in [-0.3, -0.25) is 0 Å². The molecule has 0 unspecified atom stereocenters. The van der Waals surface area contributed by atoms with Gasteiger partial charge in [-0.2, -0.15) is 0 Å². The van der Waals surface area contributed by atoms with Crippen LogP contribution in [0.1, 0.15) is 25.8 Å². The van der Waals surface area contributed by atoms with Gasteiger partial charge < -0.3 is 5.32 Å². The maximum Gasteiger partial charge on any atom is 0.0640 e. The molecular weight excluding hydrogens is 182 g/mol. The lowest BCUT2D eigenvalue weighted by molar-refractivity contribution is 0.504. The lowest BCUT2D eigenvalue weighted by atomic mass is 9.82. The van der Waals surface area contributed by atoms with Crippen LogP contribution in [0.25, 0.3) is 0 Å². The number of rotatable bonds is 1. The zero-order chi connectivity index (χ0) is 9.47. The molecule has 0 aliphatic carbocycles. The molecule has 70 valence electrons. The van der Waals surface area contributed by atoms with Gasteiger partial charge in [0, 0.05) is 12.0 Å². The third-order valence-corrected chi connectivity index (χ3v) is 3.41. The zero-order valence-electron chi connectivity index (χ0n) is 8.02. The summed E-state index contributed by atoms with van der Waals surface area (Å²) in [5, 5.41) is 4.22. The van der Waals surface area contributed by atoms with Crippen molar-refractivity contribution in [3.05, 3.63) is 28.8 Å². The van der Waals surface area contributed by atoms with E-state index in [9.17, 15) is 0 Å². The van der Waals surface area contributed by atoms with Crippen LogP contribution in [0.5, 0.6) is 0 Å². The van der Waals surface area contributed by atoms with Crippen molar-refractivity contribution in [3.63, 3.8) is 0 Å². The van der Waals surface area contributed by atoms with Crippen molar-refractivity contribution in [1.82, 2.24) is 0 Å². The number of halogens is 1. The molecule has 0 saturated carbocycles. The molecule has 0 amide bonds. The summed E-state index contributed by atoms with van der Waals surface area (Å²) in [7, 11) is 0. The van der Waals surface area contributed by atoms with Gasteiger partial charge >= 0.3 is 0 Å².